The van der Waals surface area contributed by atoms with E-state index in [2.05, 4.69) is 6.08 Å². The Bertz CT molecular complexity index is 836. The number of ether oxygens (including phenoxy) is 1. The molecule has 0 aromatic heterocycles. The van der Waals surface area contributed by atoms with Gasteiger partial charge in [0.15, 0.2) is 0 Å². The number of allylic oxidation sites excluding steroid dienone is 1. The Kier molecular flexibility index (Phi) is 7.38. The standard InChI is InChI=1S/C22H24N2O5/c25-21(23-27)17-11-13-19(14-12-17)28-16-15-24(29-20-9-5-2-6-10-20)22(26)18-7-3-1-4-8-18/h1,3-5,7-9,11-14,20,27H,2,6,10,15-16H2,(H,23,25). The molecule has 1 aliphatic carbocycles. The molecule has 1 aliphatic rings. The van der Waals surface area contributed by atoms with E-state index < -0.39 is 5.91 Å². The van der Waals surface area contributed by atoms with Crippen molar-refractivity contribution in [3.8, 4) is 5.75 Å². The first-order chi connectivity index (χ1) is 14.2. The fourth-order valence-electron chi connectivity index (χ4n) is 2.97. The molecule has 2 aromatic carbocycles. The van der Waals surface area contributed by atoms with Gasteiger partial charge in [-0.2, -0.15) is 0 Å². The SMILES string of the molecule is O=C(NO)c1ccc(OCCN(OC2C=CCCC2)C(=O)c2ccccc2)cc1. The number of rotatable bonds is 8. The average Bonchev–Trinajstić information content (AvgIpc) is 2.79. The zero-order chi connectivity index (χ0) is 20.5. The van der Waals surface area contributed by atoms with E-state index >= 15 is 0 Å². The molecule has 0 spiro atoms. The van der Waals surface area contributed by atoms with Crippen LogP contribution in [-0.4, -0.2) is 41.3 Å². The molecular formula is C22H24N2O5. The Hall–Kier alpha value is -3.16. The van der Waals surface area contributed by atoms with Gasteiger partial charge in [0.05, 0.1) is 6.54 Å². The van der Waals surface area contributed by atoms with Crippen molar-refractivity contribution < 1.29 is 24.4 Å². The first-order valence-electron chi connectivity index (χ1n) is 9.55. The number of carbonyl (C=O) groups excluding carboxylic acids is 2. The van der Waals surface area contributed by atoms with Crippen LogP contribution >= 0.6 is 0 Å². The highest BCUT2D eigenvalue weighted by atomic mass is 16.7. The molecule has 0 saturated carbocycles. The number of nitrogens with zero attached hydrogens (tertiary/aromatic N) is 1. The minimum atomic E-state index is -0.592. The van der Waals surface area contributed by atoms with Crippen molar-refractivity contribution in [1.82, 2.24) is 10.5 Å². The maximum Gasteiger partial charge on any atom is 0.277 e. The summed E-state index contributed by atoms with van der Waals surface area (Å²) in [4.78, 5) is 30.2. The van der Waals surface area contributed by atoms with Crippen LogP contribution in [0.2, 0.25) is 0 Å². The third-order valence-electron chi connectivity index (χ3n) is 4.50. The molecule has 3 rings (SSSR count). The molecule has 0 heterocycles. The molecule has 1 unspecified atom stereocenters. The summed E-state index contributed by atoms with van der Waals surface area (Å²) in [6, 6.07) is 15.3. The Labute approximate surface area is 169 Å². The van der Waals surface area contributed by atoms with Gasteiger partial charge in [-0.15, -0.1) is 0 Å². The number of nitrogens with one attached hydrogen (secondary N) is 1. The number of hydrogen-bond acceptors (Lipinski definition) is 5. The van der Waals surface area contributed by atoms with Crippen LogP contribution in [0, 0.1) is 0 Å². The third-order valence-corrected chi connectivity index (χ3v) is 4.50. The molecule has 0 radical (unpaired) electrons. The lowest BCUT2D eigenvalue weighted by Crippen LogP contribution is -2.38. The van der Waals surface area contributed by atoms with E-state index in [1.807, 2.05) is 24.3 Å². The molecule has 7 nitrogen and oxygen atoms in total. The first kappa shape index (κ1) is 20.6. The van der Waals surface area contributed by atoms with Crippen LogP contribution in [-0.2, 0) is 4.84 Å². The zero-order valence-corrected chi connectivity index (χ0v) is 16.0. The summed E-state index contributed by atoms with van der Waals surface area (Å²) in [6.45, 7) is 0.470. The number of carbonyl (C=O) groups is 2. The van der Waals surface area contributed by atoms with E-state index in [1.165, 1.54) is 17.2 Å². The lowest BCUT2D eigenvalue weighted by atomic mass is 10.1. The van der Waals surface area contributed by atoms with Crippen LogP contribution in [0.15, 0.2) is 66.7 Å². The topological polar surface area (TPSA) is 88.1 Å². The number of benzene rings is 2. The fraction of sp³-hybridized carbons (Fsp3) is 0.273. The molecule has 0 saturated heterocycles. The van der Waals surface area contributed by atoms with Crippen LogP contribution in [0.4, 0.5) is 0 Å². The minimum Gasteiger partial charge on any atom is -0.492 e. The van der Waals surface area contributed by atoms with Gasteiger partial charge in [0.1, 0.15) is 18.5 Å². The van der Waals surface area contributed by atoms with Gasteiger partial charge < -0.3 is 4.74 Å². The Balaban J connectivity index is 1.61. The van der Waals surface area contributed by atoms with Crippen molar-refractivity contribution in [2.45, 2.75) is 25.4 Å². The second-order valence-corrected chi connectivity index (χ2v) is 6.59. The summed E-state index contributed by atoms with van der Waals surface area (Å²) in [7, 11) is 0. The van der Waals surface area contributed by atoms with E-state index in [0.717, 1.165) is 19.3 Å². The maximum absolute atomic E-state index is 12.9. The van der Waals surface area contributed by atoms with E-state index in [0.29, 0.717) is 16.9 Å². The molecule has 0 aliphatic heterocycles. The van der Waals surface area contributed by atoms with Gasteiger partial charge in [-0.1, -0.05) is 30.4 Å². The molecule has 0 fully saturated rings. The number of hydroxylamine groups is 3. The summed E-state index contributed by atoms with van der Waals surface area (Å²) in [5.41, 5.74) is 2.44. The second-order valence-electron chi connectivity index (χ2n) is 6.59. The van der Waals surface area contributed by atoms with Gasteiger partial charge >= 0.3 is 0 Å². The van der Waals surface area contributed by atoms with Crippen molar-refractivity contribution in [2.75, 3.05) is 13.2 Å². The molecule has 29 heavy (non-hydrogen) atoms. The predicted molar refractivity (Wildman–Crippen MR) is 107 cm³/mol. The summed E-state index contributed by atoms with van der Waals surface area (Å²) in [5.74, 6) is -0.266. The number of hydrogen-bond donors (Lipinski definition) is 2. The Morgan fingerprint density at radius 1 is 1.07 bits per heavy atom. The summed E-state index contributed by atoms with van der Waals surface area (Å²) in [6.07, 6.45) is 6.84. The Morgan fingerprint density at radius 2 is 1.83 bits per heavy atom. The summed E-state index contributed by atoms with van der Waals surface area (Å²) < 4.78 is 5.69. The van der Waals surface area contributed by atoms with Gasteiger partial charge in [-0.3, -0.25) is 19.6 Å². The molecule has 7 heteroatoms. The molecule has 152 valence electrons. The lowest BCUT2D eigenvalue weighted by molar-refractivity contribution is -0.154. The average molecular weight is 396 g/mol. The maximum atomic E-state index is 12.9. The van der Waals surface area contributed by atoms with E-state index in [4.69, 9.17) is 14.8 Å². The quantitative estimate of drug-likeness (QED) is 0.406. The third kappa shape index (κ3) is 5.91. The van der Waals surface area contributed by atoms with Crippen molar-refractivity contribution in [3.05, 3.63) is 77.9 Å². The number of amides is 2. The van der Waals surface area contributed by atoms with Crippen LogP contribution in [0.25, 0.3) is 0 Å². The van der Waals surface area contributed by atoms with Crippen molar-refractivity contribution >= 4 is 11.8 Å². The van der Waals surface area contributed by atoms with E-state index in [-0.39, 0.29) is 25.2 Å². The highest BCUT2D eigenvalue weighted by Crippen LogP contribution is 2.17. The molecule has 0 bridgehead atoms. The van der Waals surface area contributed by atoms with Crippen molar-refractivity contribution in [2.24, 2.45) is 0 Å². The second kappa shape index (κ2) is 10.4. The van der Waals surface area contributed by atoms with Crippen LogP contribution in [0.1, 0.15) is 40.0 Å². The van der Waals surface area contributed by atoms with E-state index in [1.54, 1.807) is 29.7 Å². The predicted octanol–water partition coefficient (Wildman–Crippen LogP) is 3.37. The van der Waals surface area contributed by atoms with Gasteiger partial charge in [0.25, 0.3) is 11.8 Å². The molecule has 2 aromatic rings. The zero-order valence-electron chi connectivity index (χ0n) is 16.0. The lowest BCUT2D eigenvalue weighted by Gasteiger charge is -2.27. The normalized spacial score (nSPS) is 15.6. The monoisotopic (exact) mass is 396 g/mol. The molecule has 2 amide bonds. The van der Waals surface area contributed by atoms with E-state index in [9.17, 15) is 9.59 Å². The molecule has 1 atom stereocenters. The summed E-state index contributed by atoms with van der Waals surface area (Å²) in [5, 5.41) is 10.0. The van der Waals surface area contributed by atoms with Crippen LogP contribution < -0.4 is 10.2 Å². The van der Waals surface area contributed by atoms with Crippen molar-refractivity contribution in [1.29, 1.82) is 0 Å². The fourth-order valence-corrected chi connectivity index (χ4v) is 2.97. The highest BCUT2D eigenvalue weighted by Gasteiger charge is 2.21. The largest absolute Gasteiger partial charge is 0.492 e. The van der Waals surface area contributed by atoms with Gasteiger partial charge in [0.2, 0.25) is 0 Å². The minimum absolute atomic E-state index is 0.132. The van der Waals surface area contributed by atoms with Crippen molar-refractivity contribution in [3.63, 3.8) is 0 Å². The first-order valence-corrected chi connectivity index (χ1v) is 9.55. The highest BCUT2D eigenvalue weighted by molar-refractivity contribution is 5.93. The molecular weight excluding hydrogens is 372 g/mol. The molecule has 2 N–H and O–H groups in total. The van der Waals surface area contributed by atoms with Gasteiger partial charge in [-0.25, -0.2) is 10.5 Å². The van der Waals surface area contributed by atoms with Gasteiger partial charge in [-0.05, 0) is 55.7 Å². The smallest absolute Gasteiger partial charge is 0.277 e. The Morgan fingerprint density at radius 3 is 2.48 bits per heavy atom. The van der Waals surface area contributed by atoms with Crippen LogP contribution in [0.3, 0.4) is 0 Å². The van der Waals surface area contributed by atoms with Gasteiger partial charge in [0, 0.05) is 11.1 Å². The van der Waals surface area contributed by atoms with Crippen LogP contribution in [0.5, 0.6) is 5.75 Å². The summed E-state index contributed by atoms with van der Waals surface area (Å²) >= 11 is 0.